The molecule has 0 bridgehead atoms. The lowest BCUT2D eigenvalue weighted by molar-refractivity contribution is 0.0698. The molecule has 0 radical (unpaired) electrons. The van der Waals surface area contributed by atoms with Crippen molar-refractivity contribution in [2.75, 3.05) is 17.6 Å². The summed E-state index contributed by atoms with van der Waals surface area (Å²) in [5.74, 6) is -0.499. The predicted octanol–water partition coefficient (Wildman–Crippen LogP) is 3.03. The van der Waals surface area contributed by atoms with Gasteiger partial charge in [0.15, 0.2) is 0 Å². The first kappa shape index (κ1) is 13.5. The first-order valence-corrected chi connectivity index (χ1v) is 7.01. The van der Waals surface area contributed by atoms with Gasteiger partial charge in [-0.15, -0.1) is 0 Å². The number of rotatable bonds is 4. The van der Waals surface area contributed by atoms with Crippen LogP contribution < -0.4 is 11.1 Å². The van der Waals surface area contributed by atoms with Gasteiger partial charge in [-0.25, -0.2) is 4.79 Å². The van der Waals surface area contributed by atoms with Gasteiger partial charge in [-0.05, 0) is 42.2 Å². The Morgan fingerprint density at radius 1 is 1.38 bits per heavy atom. The molecule has 0 aromatic heterocycles. The third-order valence-electron chi connectivity index (χ3n) is 4.13. The van der Waals surface area contributed by atoms with Crippen molar-refractivity contribution in [3.05, 3.63) is 58.7 Å². The Hall–Kier alpha value is -2.49. The highest BCUT2D eigenvalue weighted by Crippen LogP contribution is 2.35. The van der Waals surface area contributed by atoms with Gasteiger partial charge in [0.2, 0.25) is 0 Å². The van der Waals surface area contributed by atoms with Crippen LogP contribution in [0.5, 0.6) is 0 Å². The van der Waals surface area contributed by atoms with Crippen LogP contribution in [-0.2, 0) is 6.42 Å². The third kappa shape index (κ3) is 2.44. The number of aromatic carboxylic acids is 1. The summed E-state index contributed by atoms with van der Waals surface area (Å²) in [6, 6.07) is 11.9. The Balaban J connectivity index is 1.74. The zero-order chi connectivity index (χ0) is 15.0. The van der Waals surface area contributed by atoms with Crippen LogP contribution in [0.25, 0.3) is 0 Å². The Morgan fingerprint density at radius 3 is 2.86 bits per heavy atom. The minimum absolute atomic E-state index is 0.159. The summed E-state index contributed by atoms with van der Waals surface area (Å²) < 4.78 is 0. The zero-order valence-electron chi connectivity index (χ0n) is 11.9. The number of carboxylic acid groups (broad SMARTS) is 1. The molecule has 4 nitrogen and oxygen atoms in total. The summed E-state index contributed by atoms with van der Waals surface area (Å²) in [4.78, 5) is 11.2. The molecule has 0 saturated carbocycles. The van der Waals surface area contributed by atoms with E-state index in [2.05, 4.69) is 29.6 Å². The van der Waals surface area contributed by atoms with Crippen LogP contribution in [0.3, 0.4) is 0 Å². The normalized spacial score (nSPS) is 16.0. The summed E-state index contributed by atoms with van der Waals surface area (Å²) >= 11 is 0. The molecular weight excluding hydrogens is 264 g/mol. The maximum Gasteiger partial charge on any atom is 0.337 e. The highest BCUT2D eigenvalue weighted by molar-refractivity contribution is 5.95. The van der Waals surface area contributed by atoms with Crippen molar-refractivity contribution in [3.8, 4) is 0 Å². The van der Waals surface area contributed by atoms with Crippen molar-refractivity contribution < 1.29 is 9.90 Å². The molecule has 0 heterocycles. The third-order valence-corrected chi connectivity index (χ3v) is 4.13. The molecule has 2 aromatic carbocycles. The van der Waals surface area contributed by atoms with Gasteiger partial charge in [-0.2, -0.15) is 0 Å². The zero-order valence-corrected chi connectivity index (χ0v) is 11.9. The maximum absolute atomic E-state index is 11.2. The summed E-state index contributed by atoms with van der Waals surface area (Å²) in [5, 5.41) is 12.5. The molecule has 1 aliphatic carbocycles. The number of carboxylic acids is 1. The van der Waals surface area contributed by atoms with Gasteiger partial charge in [0.05, 0.1) is 5.56 Å². The fourth-order valence-corrected chi connectivity index (χ4v) is 2.86. The summed E-state index contributed by atoms with van der Waals surface area (Å²) in [6.45, 7) is 2.63. The van der Waals surface area contributed by atoms with Crippen molar-refractivity contribution >= 4 is 17.3 Å². The summed E-state index contributed by atoms with van der Waals surface area (Å²) in [7, 11) is 0. The minimum Gasteiger partial charge on any atom is -0.478 e. The fraction of sp³-hybridized carbons (Fsp3) is 0.235. The molecule has 0 amide bonds. The molecule has 1 atom stereocenters. The van der Waals surface area contributed by atoms with E-state index >= 15 is 0 Å². The molecule has 1 aliphatic rings. The molecule has 0 aliphatic heterocycles. The molecule has 108 valence electrons. The second-order valence-electron chi connectivity index (χ2n) is 5.54. The molecular formula is C17H18N2O2. The van der Waals surface area contributed by atoms with E-state index in [-0.39, 0.29) is 5.56 Å². The minimum atomic E-state index is -0.992. The van der Waals surface area contributed by atoms with E-state index in [1.165, 1.54) is 11.1 Å². The number of anilines is 2. The number of hydrogen-bond donors (Lipinski definition) is 3. The fourth-order valence-electron chi connectivity index (χ4n) is 2.86. The molecule has 0 saturated heterocycles. The Morgan fingerprint density at radius 2 is 2.14 bits per heavy atom. The van der Waals surface area contributed by atoms with Crippen LogP contribution >= 0.6 is 0 Å². The van der Waals surface area contributed by atoms with Gasteiger partial charge in [0.1, 0.15) is 0 Å². The molecule has 4 N–H and O–H groups in total. The lowest BCUT2D eigenvalue weighted by Gasteiger charge is -2.30. The molecule has 21 heavy (non-hydrogen) atoms. The van der Waals surface area contributed by atoms with Gasteiger partial charge in [0, 0.05) is 23.8 Å². The number of carbonyl (C=O) groups is 1. The largest absolute Gasteiger partial charge is 0.478 e. The molecule has 1 unspecified atom stereocenters. The van der Waals surface area contributed by atoms with Crippen molar-refractivity contribution in [2.24, 2.45) is 0 Å². The first-order valence-electron chi connectivity index (χ1n) is 7.01. The van der Waals surface area contributed by atoms with Gasteiger partial charge < -0.3 is 16.2 Å². The van der Waals surface area contributed by atoms with Gasteiger partial charge in [-0.3, -0.25) is 0 Å². The Bertz CT molecular complexity index is 710. The van der Waals surface area contributed by atoms with Gasteiger partial charge in [0.25, 0.3) is 0 Å². The number of nitrogen functional groups attached to an aromatic ring is 1. The topological polar surface area (TPSA) is 75.3 Å². The van der Waals surface area contributed by atoms with Crippen molar-refractivity contribution in [1.29, 1.82) is 0 Å². The number of nitrogens with one attached hydrogen (secondary N) is 1. The average molecular weight is 282 g/mol. The van der Waals surface area contributed by atoms with Crippen molar-refractivity contribution in [2.45, 2.75) is 19.3 Å². The van der Waals surface area contributed by atoms with E-state index in [0.717, 1.165) is 24.2 Å². The maximum atomic E-state index is 11.2. The Kier molecular flexibility index (Phi) is 3.29. The van der Waals surface area contributed by atoms with Crippen molar-refractivity contribution in [3.63, 3.8) is 0 Å². The smallest absolute Gasteiger partial charge is 0.337 e. The van der Waals surface area contributed by atoms with E-state index < -0.39 is 5.97 Å². The predicted molar refractivity (Wildman–Crippen MR) is 83.9 cm³/mol. The SMILES string of the molecule is Cc1cc(NCC2Cc3ccccc32)cc(C(=O)O)c1N. The molecule has 0 spiro atoms. The highest BCUT2D eigenvalue weighted by atomic mass is 16.4. The van der Waals surface area contributed by atoms with Crippen LogP contribution in [-0.4, -0.2) is 17.6 Å². The summed E-state index contributed by atoms with van der Waals surface area (Å²) in [5.41, 5.74) is 10.7. The number of fused-ring (bicyclic) bond motifs is 1. The first-order chi connectivity index (χ1) is 10.1. The molecule has 4 heteroatoms. The molecule has 0 fully saturated rings. The number of hydrogen-bond acceptors (Lipinski definition) is 3. The quantitative estimate of drug-likeness (QED) is 0.753. The van der Waals surface area contributed by atoms with E-state index in [4.69, 9.17) is 5.73 Å². The van der Waals surface area contributed by atoms with E-state index in [1.807, 2.05) is 13.0 Å². The van der Waals surface area contributed by atoms with Gasteiger partial charge >= 0.3 is 5.97 Å². The average Bonchev–Trinajstić information content (AvgIpc) is 2.43. The number of aryl methyl sites for hydroxylation is 1. The molecule has 3 rings (SSSR count). The van der Waals surface area contributed by atoms with E-state index in [9.17, 15) is 9.90 Å². The van der Waals surface area contributed by atoms with Crippen LogP contribution in [0.1, 0.15) is 33.0 Å². The van der Waals surface area contributed by atoms with Gasteiger partial charge in [-0.1, -0.05) is 24.3 Å². The standard InChI is InChI=1S/C17H18N2O2/c1-10-6-13(8-15(16(10)18)17(20)21)19-9-12-7-11-4-2-3-5-14(11)12/h2-6,8,12,19H,7,9,18H2,1H3,(H,20,21). The van der Waals surface area contributed by atoms with Crippen LogP contribution in [0.2, 0.25) is 0 Å². The van der Waals surface area contributed by atoms with E-state index in [1.54, 1.807) is 6.07 Å². The second-order valence-corrected chi connectivity index (χ2v) is 5.54. The lowest BCUT2D eigenvalue weighted by Crippen LogP contribution is -2.24. The van der Waals surface area contributed by atoms with Crippen LogP contribution in [0.15, 0.2) is 36.4 Å². The monoisotopic (exact) mass is 282 g/mol. The Labute approximate surface area is 123 Å². The lowest BCUT2D eigenvalue weighted by atomic mass is 9.77. The van der Waals surface area contributed by atoms with E-state index in [0.29, 0.717) is 11.6 Å². The number of nitrogens with two attached hydrogens (primary N) is 1. The van der Waals surface area contributed by atoms with Crippen LogP contribution in [0.4, 0.5) is 11.4 Å². The van der Waals surface area contributed by atoms with Crippen molar-refractivity contribution in [1.82, 2.24) is 0 Å². The summed E-state index contributed by atoms with van der Waals surface area (Å²) in [6.07, 6.45) is 1.07. The molecule has 2 aromatic rings. The highest BCUT2D eigenvalue weighted by Gasteiger charge is 2.25. The van der Waals surface area contributed by atoms with Crippen LogP contribution in [0, 0.1) is 6.92 Å². The second kappa shape index (κ2) is 5.13. The number of benzene rings is 2.